The molecule has 0 unspecified atom stereocenters. The quantitative estimate of drug-likeness (QED) is 0.311. The normalized spacial score (nSPS) is 24.2. The first kappa shape index (κ1) is 25.8. The smallest absolute Gasteiger partial charge is 0.303 e. The van der Waals surface area contributed by atoms with Gasteiger partial charge in [-0.25, -0.2) is 0 Å². The maximum absolute atomic E-state index is 11.8. The van der Waals surface area contributed by atoms with Crippen LogP contribution in [0.25, 0.3) is 0 Å². The van der Waals surface area contributed by atoms with Gasteiger partial charge < -0.3 is 28.4 Å². The molecule has 1 fully saturated rings. The second-order valence-corrected chi connectivity index (χ2v) is 7.27. The first-order valence-corrected chi connectivity index (χ1v) is 10.1. The van der Waals surface area contributed by atoms with E-state index in [0.29, 0.717) is 5.56 Å². The van der Waals surface area contributed by atoms with Crippen LogP contribution in [0.2, 0.25) is 0 Å². The molecular formula is C22H26O11. The SMILES string of the molecule is CC(=O)OC[C@@H]1O[C@H](Oc2ccc(C(C)=O)cc2)[C@@H](OC(C)=O)[C@H](OC(C)=O)[C@H]1OC(C)=O. The standard InChI is InChI=1S/C22H26O11/c1-11(23)16-6-8-17(9-7-16)32-22-21(31-15(5)27)20(30-14(4)26)19(29-13(3)25)18(33-22)10-28-12(2)24/h6-9,18-22H,10H2,1-5H3/t18-,19-,20+,21-,22-/m0/s1. The molecule has 11 nitrogen and oxygen atoms in total. The number of ketones is 1. The summed E-state index contributed by atoms with van der Waals surface area (Å²) in [6.07, 6.45) is -6.39. The number of carbonyl (C=O) groups excluding carboxylic acids is 5. The number of rotatable bonds is 8. The maximum Gasteiger partial charge on any atom is 0.303 e. The Morgan fingerprint density at radius 1 is 0.727 bits per heavy atom. The molecule has 2 rings (SSSR count). The van der Waals surface area contributed by atoms with E-state index in [4.69, 9.17) is 28.4 Å². The fourth-order valence-corrected chi connectivity index (χ4v) is 3.19. The second kappa shape index (κ2) is 11.4. The number of hydrogen-bond acceptors (Lipinski definition) is 11. The summed E-state index contributed by atoms with van der Waals surface area (Å²) in [6, 6.07) is 6.07. The van der Waals surface area contributed by atoms with Crippen molar-refractivity contribution in [2.75, 3.05) is 6.61 Å². The monoisotopic (exact) mass is 466 g/mol. The third kappa shape index (κ3) is 7.56. The number of ether oxygens (including phenoxy) is 6. The Labute approximate surface area is 190 Å². The van der Waals surface area contributed by atoms with Crippen molar-refractivity contribution in [2.24, 2.45) is 0 Å². The molecule has 0 aliphatic carbocycles. The lowest BCUT2D eigenvalue weighted by atomic mass is 9.98. The summed E-state index contributed by atoms with van der Waals surface area (Å²) >= 11 is 0. The largest absolute Gasteiger partial charge is 0.463 e. The lowest BCUT2D eigenvalue weighted by molar-refractivity contribution is -0.288. The van der Waals surface area contributed by atoms with E-state index in [0.717, 1.165) is 20.8 Å². The van der Waals surface area contributed by atoms with Crippen molar-refractivity contribution in [3.63, 3.8) is 0 Å². The number of hydrogen-bond donors (Lipinski definition) is 0. The molecule has 0 saturated carbocycles. The van der Waals surface area contributed by atoms with Gasteiger partial charge in [-0.3, -0.25) is 24.0 Å². The Kier molecular flexibility index (Phi) is 8.92. The van der Waals surface area contributed by atoms with Gasteiger partial charge in [-0.15, -0.1) is 0 Å². The highest BCUT2D eigenvalue weighted by molar-refractivity contribution is 5.94. The predicted octanol–water partition coefficient (Wildman–Crippen LogP) is 1.35. The summed E-state index contributed by atoms with van der Waals surface area (Å²) < 4.78 is 32.6. The number of esters is 4. The minimum absolute atomic E-state index is 0.145. The molecule has 0 amide bonds. The van der Waals surface area contributed by atoms with Gasteiger partial charge in [0, 0.05) is 33.3 Å². The molecule has 1 aromatic rings. The van der Waals surface area contributed by atoms with Gasteiger partial charge >= 0.3 is 23.9 Å². The third-order valence-corrected chi connectivity index (χ3v) is 4.46. The third-order valence-electron chi connectivity index (χ3n) is 4.46. The van der Waals surface area contributed by atoms with Crippen LogP contribution in [0.4, 0.5) is 0 Å². The number of carbonyl (C=O) groups is 5. The average Bonchev–Trinajstić information content (AvgIpc) is 2.70. The molecule has 1 saturated heterocycles. The maximum atomic E-state index is 11.8. The van der Waals surface area contributed by atoms with Crippen LogP contribution < -0.4 is 4.74 Å². The Bertz CT molecular complexity index is 892. The molecular weight excluding hydrogens is 440 g/mol. The van der Waals surface area contributed by atoms with Gasteiger partial charge in [-0.1, -0.05) is 0 Å². The van der Waals surface area contributed by atoms with Gasteiger partial charge in [0.25, 0.3) is 0 Å². The zero-order valence-corrected chi connectivity index (χ0v) is 18.9. The molecule has 180 valence electrons. The molecule has 0 N–H and O–H groups in total. The second-order valence-electron chi connectivity index (χ2n) is 7.27. The summed E-state index contributed by atoms with van der Waals surface area (Å²) in [4.78, 5) is 58.2. The fourth-order valence-electron chi connectivity index (χ4n) is 3.19. The van der Waals surface area contributed by atoms with Crippen molar-refractivity contribution in [2.45, 2.75) is 65.3 Å². The zero-order valence-electron chi connectivity index (χ0n) is 18.9. The van der Waals surface area contributed by atoms with Crippen LogP contribution in [0, 0.1) is 0 Å². The van der Waals surface area contributed by atoms with E-state index < -0.39 is 54.6 Å². The lowest BCUT2D eigenvalue weighted by Crippen LogP contribution is -2.63. The topological polar surface area (TPSA) is 141 Å². The van der Waals surface area contributed by atoms with Crippen molar-refractivity contribution in [1.29, 1.82) is 0 Å². The fraction of sp³-hybridized carbons (Fsp3) is 0.500. The average molecular weight is 466 g/mol. The van der Waals surface area contributed by atoms with Gasteiger partial charge in [0.1, 0.15) is 18.5 Å². The molecule has 0 aromatic heterocycles. The lowest BCUT2D eigenvalue weighted by Gasteiger charge is -2.43. The van der Waals surface area contributed by atoms with Crippen LogP contribution in [0.1, 0.15) is 45.0 Å². The number of Topliss-reactive ketones (excluding diaryl/α,β-unsaturated/α-hetero) is 1. The molecule has 0 bridgehead atoms. The Morgan fingerprint density at radius 3 is 1.73 bits per heavy atom. The minimum Gasteiger partial charge on any atom is -0.463 e. The Hall–Kier alpha value is -3.47. The van der Waals surface area contributed by atoms with Crippen molar-refractivity contribution in [3.8, 4) is 5.75 Å². The van der Waals surface area contributed by atoms with Crippen LogP contribution in [-0.2, 0) is 42.9 Å². The highest BCUT2D eigenvalue weighted by Gasteiger charge is 2.53. The molecule has 0 spiro atoms. The van der Waals surface area contributed by atoms with Crippen molar-refractivity contribution in [1.82, 2.24) is 0 Å². The summed E-state index contributed by atoms with van der Waals surface area (Å²) in [5, 5.41) is 0. The van der Waals surface area contributed by atoms with Crippen LogP contribution in [0.5, 0.6) is 5.75 Å². The highest BCUT2D eigenvalue weighted by atomic mass is 16.7. The first-order valence-electron chi connectivity index (χ1n) is 10.1. The minimum atomic E-state index is -1.34. The van der Waals surface area contributed by atoms with Crippen LogP contribution >= 0.6 is 0 Å². The molecule has 0 radical (unpaired) electrons. The number of benzene rings is 1. The summed E-state index contributed by atoms with van der Waals surface area (Å²) in [5.74, 6) is -2.72. The van der Waals surface area contributed by atoms with Crippen molar-refractivity contribution >= 4 is 29.7 Å². The van der Waals surface area contributed by atoms with Gasteiger partial charge in [-0.05, 0) is 31.2 Å². The predicted molar refractivity (Wildman–Crippen MR) is 109 cm³/mol. The van der Waals surface area contributed by atoms with Crippen LogP contribution in [0.15, 0.2) is 24.3 Å². The van der Waals surface area contributed by atoms with Crippen LogP contribution in [-0.4, -0.2) is 67.0 Å². The van der Waals surface area contributed by atoms with Gasteiger partial charge in [0.2, 0.25) is 12.4 Å². The van der Waals surface area contributed by atoms with Crippen molar-refractivity contribution < 1.29 is 52.4 Å². The van der Waals surface area contributed by atoms with Gasteiger partial charge in [0.05, 0.1) is 0 Å². The highest BCUT2D eigenvalue weighted by Crippen LogP contribution is 2.31. The van der Waals surface area contributed by atoms with E-state index >= 15 is 0 Å². The summed E-state index contributed by atoms with van der Waals surface area (Å²) in [6.45, 7) is 5.63. The van der Waals surface area contributed by atoms with E-state index in [2.05, 4.69) is 0 Å². The van der Waals surface area contributed by atoms with Crippen LogP contribution in [0.3, 0.4) is 0 Å². The molecule has 5 atom stereocenters. The molecule has 33 heavy (non-hydrogen) atoms. The van der Waals surface area contributed by atoms with E-state index in [1.807, 2.05) is 0 Å². The summed E-state index contributed by atoms with van der Waals surface area (Å²) in [5.41, 5.74) is 0.448. The molecule has 1 aliphatic heterocycles. The Morgan fingerprint density at radius 2 is 1.24 bits per heavy atom. The first-order chi connectivity index (χ1) is 15.5. The van der Waals surface area contributed by atoms with Gasteiger partial charge in [-0.2, -0.15) is 0 Å². The van der Waals surface area contributed by atoms with Crippen molar-refractivity contribution in [3.05, 3.63) is 29.8 Å². The summed E-state index contributed by atoms with van der Waals surface area (Å²) in [7, 11) is 0. The van der Waals surface area contributed by atoms with E-state index in [-0.39, 0.29) is 18.1 Å². The van der Waals surface area contributed by atoms with E-state index in [1.54, 1.807) is 0 Å². The Balaban J connectivity index is 2.43. The molecule has 1 aliphatic rings. The van der Waals surface area contributed by atoms with Gasteiger partial charge in [0.15, 0.2) is 18.0 Å². The van der Waals surface area contributed by atoms with E-state index in [9.17, 15) is 24.0 Å². The molecule has 11 heteroatoms. The van der Waals surface area contributed by atoms with E-state index in [1.165, 1.54) is 38.1 Å². The molecule has 1 aromatic carbocycles. The molecule has 1 heterocycles. The zero-order chi connectivity index (χ0) is 24.7.